The van der Waals surface area contributed by atoms with Gasteiger partial charge in [0.25, 0.3) is 5.92 Å². The van der Waals surface area contributed by atoms with Crippen molar-refractivity contribution >= 4 is 11.6 Å². The number of aliphatic hydroxyl groups is 1. The van der Waals surface area contributed by atoms with Gasteiger partial charge < -0.3 is 24.1 Å². The van der Waals surface area contributed by atoms with Crippen LogP contribution in [0.15, 0.2) is 144 Å². The standard InChI is InChI=1S/C29H47NO.C27H43F2NO.C25H41NO2.C19H28ClNO/c1-23(2)21-25(30-19-17-29(18-20-30)15-9-8-10-16-29)22-28(6,7)24-11-13-26(14-12-24)31-27(3,4)5;1-20(2)18-25(30-15-12-22(13-16-30)14-17-31-21(3)4)19-26(5,6)23-8-10-24(11-9-23)27(7,28)29;1-19(2)17-21(26-15-13-25(8,27)14-16-26)18-24(6,7)20-9-11-22(12-10-20)28-23(3,4)5;1-14(2)10-17(21-12-18(13-21)22-5)11-19(3,4)15-6-8-16(20)9-7-15/h11-14,21,25H,8-10,15-20,22H2,1-7H3;8-11,18,21-22,25H,12-17,19H2,1-7H3;9-12,17,21,27H,13-16,18H2,1-8H3;6-10,17-18H,11-13H2,1-5H3. The summed E-state index contributed by atoms with van der Waals surface area (Å²) in [7, 11) is 1.80. The van der Waals surface area contributed by atoms with Crippen molar-refractivity contribution < 1.29 is 32.8 Å². The quantitative estimate of drug-likeness (QED) is 0.0560. The Kier molecular flexibility index (Phi) is 36.2. The molecule has 4 unspecified atom stereocenters. The van der Waals surface area contributed by atoms with Gasteiger partial charge in [0.1, 0.15) is 22.7 Å². The molecule has 0 bridgehead atoms. The maximum absolute atomic E-state index is 13.6. The molecule has 9 rings (SSSR count). The molecule has 0 amide bonds. The highest BCUT2D eigenvalue weighted by atomic mass is 35.5. The van der Waals surface area contributed by atoms with Crippen LogP contribution >= 0.6 is 11.6 Å². The molecule has 4 saturated heterocycles. The van der Waals surface area contributed by atoms with Gasteiger partial charge in [0.05, 0.1) is 17.8 Å². The lowest BCUT2D eigenvalue weighted by molar-refractivity contribution is -0.0459. The van der Waals surface area contributed by atoms with Crippen LogP contribution in [0.2, 0.25) is 5.02 Å². The summed E-state index contributed by atoms with van der Waals surface area (Å²) in [5.74, 6) is -0.163. The van der Waals surface area contributed by atoms with E-state index in [4.69, 9.17) is 30.5 Å². The van der Waals surface area contributed by atoms with Crippen molar-refractivity contribution in [3.8, 4) is 11.5 Å². The molecule has 5 fully saturated rings. The van der Waals surface area contributed by atoms with Crippen LogP contribution < -0.4 is 9.47 Å². The first-order valence-electron chi connectivity index (χ1n) is 43.2. The molecule has 4 aromatic rings. The van der Waals surface area contributed by atoms with E-state index in [2.05, 4.69) is 271 Å². The van der Waals surface area contributed by atoms with Crippen LogP contribution in [0, 0.1) is 11.3 Å². The van der Waals surface area contributed by atoms with Crippen molar-refractivity contribution in [2.45, 2.75) is 364 Å². The van der Waals surface area contributed by atoms with E-state index < -0.39 is 11.5 Å². The molecule has 4 aliphatic heterocycles. The Hall–Kier alpha value is -4.69. The predicted octanol–water partition coefficient (Wildman–Crippen LogP) is 25.6. The number of alkyl halides is 2. The van der Waals surface area contributed by atoms with Gasteiger partial charge in [-0.15, -0.1) is 0 Å². The fourth-order valence-corrected chi connectivity index (χ4v) is 17.6. The maximum atomic E-state index is 13.6. The van der Waals surface area contributed by atoms with E-state index in [1.54, 1.807) is 19.2 Å². The first-order chi connectivity index (χ1) is 51.9. The highest BCUT2D eigenvalue weighted by molar-refractivity contribution is 6.30. The topological polar surface area (TPSA) is 70.1 Å². The minimum atomic E-state index is -2.79. The normalized spacial score (nSPS) is 19.0. The second-order valence-corrected chi connectivity index (χ2v) is 41.1. The zero-order chi connectivity index (χ0) is 83.4. The summed E-state index contributed by atoms with van der Waals surface area (Å²) >= 11 is 6.02. The minimum Gasteiger partial charge on any atom is -0.488 e. The average Bonchev–Trinajstić information content (AvgIpc) is 0.805. The van der Waals surface area contributed by atoms with Crippen molar-refractivity contribution in [2.75, 3.05) is 66.1 Å². The van der Waals surface area contributed by atoms with E-state index >= 15 is 0 Å². The van der Waals surface area contributed by atoms with Gasteiger partial charge >= 0.3 is 0 Å². The van der Waals surface area contributed by atoms with Gasteiger partial charge in [-0.2, -0.15) is 0 Å². The zero-order valence-electron chi connectivity index (χ0n) is 75.8. The molecular weight excluding hydrogens is 1410 g/mol. The Labute approximate surface area is 688 Å². The van der Waals surface area contributed by atoms with Crippen LogP contribution in [0.25, 0.3) is 0 Å². The van der Waals surface area contributed by atoms with Gasteiger partial charge in [0.15, 0.2) is 0 Å². The van der Waals surface area contributed by atoms with E-state index in [9.17, 15) is 13.9 Å². The van der Waals surface area contributed by atoms with Gasteiger partial charge in [-0.25, -0.2) is 8.78 Å². The fourth-order valence-electron chi connectivity index (χ4n) is 17.4. The second kappa shape index (κ2) is 42.1. The van der Waals surface area contributed by atoms with E-state index in [0.29, 0.717) is 41.8 Å². The highest BCUT2D eigenvalue weighted by Crippen LogP contribution is 2.46. The number of halogens is 3. The van der Waals surface area contributed by atoms with Crippen molar-refractivity contribution in [3.63, 3.8) is 0 Å². The maximum Gasteiger partial charge on any atom is 0.270 e. The van der Waals surface area contributed by atoms with E-state index in [1.807, 2.05) is 31.2 Å². The number of methoxy groups -OCH3 is 1. The smallest absolute Gasteiger partial charge is 0.270 e. The SMILES string of the molecule is CC(C)=CC(CC(C)(C)c1ccc(C(C)(F)F)cc1)N1CCC(CCOC(C)C)CC1.CC(C)=CC(CC(C)(C)c1ccc(OC(C)(C)C)cc1)N1CCC(C)(O)CC1.CC(C)=CC(CC(C)(C)c1ccc(OC(C)(C)C)cc1)N1CCC2(CCCCC2)CC1.COC1CN(C(C=C(C)C)CC(C)(C)c2ccc(Cl)cc2)C1. The monoisotopic (exact) mass is 1570 g/mol. The number of hydrogen-bond acceptors (Lipinski definition) is 9. The first-order valence-corrected chi connectivity index (χ1v) is 43.6. The summed E-state index contributed by atoms with van der Waals surface area (Å²) in [6, 6.07) is 34.4. The summed E-state index contributed by atoms with van der Waals surface area (Å²) in [5, 5.41) is 11.1. The molecule has 1 spiro atoms. The van der Waals surface area contributed by atoms with Crippen LogP contribution in [-0.4, -0.2) is 144 Å². The average molecular weight is 1570 g/mol. The van der Waals surface area contributed by atoms with Crippen molar-refractivity contribution in [3.05, 3.63) is 176 Å². The Balaban J connectivity index is 0.000000235. The van der Waals surface area contributed by atoms with Crippen LogP contribution in [0.1, 0.15) is 311 Å². The molecule has 0 radical (unpaired) electrons. The number of benzene rings is 4. The molecule has 5 aliphatic rings. The highest BCUT2D eigenvalue weighted by Gasteiger charge is 2.41. The molecule has 4 heterocycles. The summed E-state index contributed by atoms with van der Waals surface area (Å²) in [4.78, 5) is 10.5. The van der Waals surface area contributed by atoms with Gasteiger partial charge in [-0.1, -0.05) is 194 Å². The first kappa shape index (κ1) is 96.2. The van der Waals surface area contributed by atoms with Crippen molar-refractivity contribution in [1.29, 1.82) is 0 Å². The van der Waals surface area contributed by atoms with Crippen LogP contribution in [0.4, 0.5) is 8.78 Å². The zero-order valence-corrected chi connectivity index (χ0v) is 76.5. The molecule has 1 saturated carbocycles. The van der Waals surface area contributed by atoms with Gasteiger partial charge in [0, 0.05) is 81.6 Å². The summed E-state index contributed by atoms with van der Waals surface area (Å²) < 4.78 is 50.4. The van der Waals surface area contributed by atoms with E-state index in [1.165, 1.54) is 110 Å². The number of piperidine rings is 3. The van der Waals surface area contributed by atoms with Gasteiger partial charge in [0.2, 0.25) is 0 Å². The number of likely N-dealkylation sites (tertiary alicyclic amines) is 4. The molecule has 12 heteroatoms. The number of allylic oxidation sites excluding steroid dienone is 4. The molecule has 0 aromatic heterocycles. The lowest BCUT2D eigenvalue weighted by Crippen LogP contribution is -2.56. The van der Waals surface area contributed by atoms with Crippen LogP contribution in [0.3, 0.4) is 0 Å². The predicted molar refractivity (Wildman–Crippen MR) is 475 cm³/mol. The third-order valence-corrected chi connectivity index (χ3v) is 24.5. The Morgan fingerprint density at radius 3 is 1.09 bits per heavy atom. The minimum absolute atomic E-state index is 0.0524. The number of hydrogen-bond donors (Lipinski definition) is 1. The molecule has 9 nitrogen and oxygen atoms in total. The summed E-state index contributed by atoms with van der Waals surface area (Å²) in [5.41, 5.74) is 10.8. The van der Waals surface area contributed by atoms with E-state index in [-0.39, 0.29) is 38.4 Å². The Bertz CT molecular complexity index is 3510. The largest absolute Gasteiger partial charge is 0.488 e. The lowest BCUT2D eigenvalue weighted by atomic mass is 9.67. The molecule has 1 N–H and O–H groups in total. The summed E-state index contributed by atoms with van der Waals surface area (Å²) in [6.45, 7) is 65.3. The fraction of sp³-hybridized carbons (Fsp3) is 0.680. The Morgan fingerprint density at radius 2 is 0.768 bits per heavy atom. The molecular formula is C100H159ClF2N4O5. The van der Waals surface area contributed by atoms with Crippen molar-refractivity contribution in [2.24, 2.45) is 11.3 Å². The molecule has 4 aromatic carbocycles. The van der Waals surface area contributed by atoms with Crippen LogP contribution in [0.5, 0.6) is 11.5 Å². The van der Waals surface area contributed by atoms with Gasteiger partial charge in [-0.3, -0.25) is 19.6 Å². The van der Waals surface area contributed by atoms with Crippen LogP contribution in [-0.2, 0) is 37.1 Å². The molecule has 112 heavy (non-hydrogen) atoms. The third kappa shape index (κ3) is 32.7. The third-order valence-electron chi connectivity index (χ3n) is 24.3. The van der Waals surface area contributed by atoms with Gasteiger partial charge in [-0.05, 0) is 319 Å². The van der Waals surface area contributed by atoms with Crippen molar-refractivity contribution in [1.82, 2.24) is 19.6 Å². The molecule has 1 aliphatic carbocycles. The second-order valence-electron chi connectivity index (χ2n) is 40.7. The molecule has 4 atom stereocenters. The number of nitrogens with zero attached hydrogens (tertiary/aromatic N) is 4. The number of rotatable bonds is 28. The van der Waals surface area contributed by atoms with E-state index in [0.717, 1.165) is 126 Å². The Morgan fingerprint density at radius 1 is 0.455 bits per heavy atom. The summed E-state index contributed by atoms with van der Waals surface area (Å²) in [6.07, 6.45) is 30.1. The molecule has 630 valence electrons. The lowest BCUT2D eigenvalue weighted by Gasteiger charge is -2.47. The number of ether oxygens (including phenoxy) is 4.